The summed E-state index contributed by atoms with van der Waals surface area (Å²) in [6.45, 7) is 0.183. The third-order valence-electron chi connectivity index (χ3n) is 3.04. The molecule has 0 saturated heterocycles. The van der Waals surface area contributed by atoms with Crippen LogP contribution in [0.3, 0.4) is 0 Å². The van der Waals surface area contributed by atoms with E-state index in [-0.39, 0.29) is 23.7 Å². The Morgan fingerprint density at radius 3 is 2.84 bits per heavy atom. The molecule has 1 fully saturated rings. The van der Waals surface area contributed by atoms with E-state index in [1.165, 1.54) is 18.2 Å². The molecule has 2 N–H and O–H groups in total. The maximum atomic E-state index is 11.9. The Balaban J connectivity index is 2.04. The van der Waals surface area contributed by atoms with Crippen molar-refractivity contribution in [2.75, 3.05) is 6.54 Å². The second kappa shape index (κ2) is 5.83. The predicted octanol–water partition coefficient (Wildman–Crippen LogP) is 1.70. The third-order valence-corrected chi connectivity index (χ3v) is 3.98. The molecule has 1 aliphatic carbocycles. The topological polar surface area (TPSA) is 92.5 Å². The van der Waals surface area contributed by atoms with Crippen molar-refractivity contribution in [2.45, 2.75) is 18.9 Å². The maximum absolute atomic E-state index is 11.9. The summed E-state index contributed by atoms with van der Waals surface area (Å²) >= 11 is 1.95. The lowest BCUT2D eigenvalue weighted by molar-refractivity contribution is -0.384. The number of amides is 1. The Morgan fingerprint density at radius 2 is 2.26 bits per heavy atom. The first-order valence-corrected chi connectivity index (χ1v) is 6.97. The Bertz CT molecular complexity index is 516. The molecule has 1 atom stereocenters. The maximum Gasteiger partial charge on any atom is 0.270 e. The molecule has 6 nitrogen and oxygen atoms in total. The van der Waals surface area contributed by atoms with Gasteiger partial charge in [-0.1, -0.05) is 0 Å². The number of benzene rings is 1. The Hall–Kier alpha value is -1.22. The average Bonchev–Trinajstić information content (AvgIpc) is 3.20. The van der Waals surface area contributed by atoms with Gasteiger partial charge in [0.1, 0.15) is 0 Å². The first-order valence-electron chi connectivity index (χ1n) is 5.89. The van der Waals surface area contributed by atoms with Crippen LogP contribution in [0.25, 0.3) is 0 Å². The van der Waals surface area contributed by atoms with Crippen LogP contribution in [0.1, 0.15) is 23.2 Å². The van der Waals surface area contributed by atoms with Crippen LogP contribution in [0, 0.1) is 19.6 Å². The number of hydrogen-bond donors (Lipinski definition) is 2. The summed E-state index contributed by atoms with van der Waals surface area (Å²) in [5, 5.41) is 23.0. The minimum Gasteiger partial charge on any atom is -0.391 e. The van der Waals surface area contributed by atoms with Gasteiger partial charge in [-0.25, -0.2) is 0 Å². The molecule has 1 aromatic carbocycles. The van der Waals surface area contributed by atoms with Crippen LogP contribution in [0.4, 0.5) is 5.69 Å². The van der Waals surface area contributed by atoms with Crippen LogP contribution >= 0.6 is 22.6 Å². The number of nitrogens with zero attached hydrogens (tertiary/aromatic N) is 1. The highest BCUT2D eigenvalue weighted by Crippen LogP contribution is 2.32. The van der Waals surface area contributed by atoms with Gasteiger partial charge in [0.05, 0.1) is 16.6 Å². The van der Waals surface area contributed by atoms with Gasteiger partial charge in [0.25, 0.3) is 11.6 Å². The smallest absolute Gasteiger partial charge is 0.270 e. The van der Waals surface area contributed by atoms with E-state index in [1.807, 2.05) is 22.6 Å². The zero-order valence-corrected chi connectivity index (χ0v) is 12.2. The van der Waals surface area contributed by atoms with E-state index in [4.69, 9.17) is 0 Å². The van der Waals surface area contributed by atoms with E-state index in [9.17, 15) is 20.0 Å². The summed E-state index contributed by atoms with van der Waals surface area (Å²) in [4.78, 5) is 22.1. The van der Waals surface area contributed by atoms with E-state index >= 15 is 0 Å². The fourth-order valence-electron chi connectivity index (χ4n) is 1.74. The van der Waals surface area contributed by atoms with Crippen molar-refractivity contribution < 1.29 is 14.8 Å². The van der Waals surface area contributed by atoms with Gasteiger partial charge < -0.3 is 10.4 Å². The van der Waals surface area contributed by atoms with Crippen molar-refractivity contribution in [1.82, 2.24) is 5.32 Å². The summed E-state index contributed by atoms with van der Waals surface area (Å²) in [6, 6.07) is 4.14. The van der Waals surface area contributed by atoms with E-state index < -0.39 is 16.9 Å². The number of rotatable bonds is 5. The first-order chi connectivity index (χ1) is 8.99. The second-order valence-corrected chi connectivity index (χ2v) is 5.70. The highest BCUT2D eigenvalue weighted by atomic mass is 127. The molecule has 0 bridgehead atoms. The second-order valence-electron chi connectivity index (χ2n) is 4.54. The lowest BCUT2D eigenvalue weighted by Crippen LogP contribution is -2.33. The highest BCUT2D eigenvalue weighted by Gasteiger charge is 2.30. The number of nitro benzene ring substituents is 1. The summed E-state index contributed by atoms with van der Waals surface area (Å²) in [7, 11) is 0. The molecular formula is C12H13IN2O4. The summed E-state index contributed by atoms with van der Waals surface area (Å²) in [5.41, 5.74) is 0.145. The van der Waals surface area contributed by atoms with Crippen LogP contribution in [0.15, 0.2) is 18.2 Å². The molecule has 2 rings (SSSR count). The minimum absolute atomic E-state index is 0.117. The van der Waals surface area contributed by atoms with E-state index in [1.54, 1.807) is 0 Å². The SMILES string of the molecule is O=C(NCC(O)C1CC1)c1cc([N+](=O)[O-])ccc1I. The van der Waals surface area contributed by atoms with Crippen LogP contribution in [-0.2, 0) is 0 Å². The molecule has 0 radical (unpaired) electrons. The van der Waals surface area contributed by atoms with Crippen molar-refractivity contribution in [2.24, 2.45) is 5.92 Å². The molecule has 0 heterocycles. The largest absolute Gasteiger partial charge is 0.391 e. The Kier molecular flexibility index (Phi) is 4.35. The van der Waals surface area contributed by atoms with E-state index in [0.29, 0.717) is 3.57 Å². The molecule has 0 spiro atoms. The van der Waals surface area contributed by atoms with Gasteiger partial charge in [-0.15, -0.1) is 0 Å². The van der Waals surface area contributed by atoms with Crippen molar-refractivity contribution in [3.63, 3.8) is 0 Å². The standard InChI is InChI=1S/C12H13IN2O4/c13-10-4-3-8(15(18)19)5-9(10)12(17)14-6-11(16)7-1-2-7/h3-5,7,11,16H,1-2,6H2,(H,14,17). The molecule has 1 unspecified atom stereocenters. The van der Waals surface area contributed by atoms with Crippen molar-refractivity contribution in [3.8, 4) is 0 Å². The lowest BCUT2D eigenvalue weighted by Gasteiger charge is -2.11. The number of aliphatic hydroxyl groups is 1. The quantitative estimate of drug-likeness (QED) is 0.465. The van der Waals surface area contributed by atoms with Gasteiger partial charge in [0.2, 0.25) is 0 Å². The van der Waals surface area contributed by atoms with Crippen LogP contribution in [0.5, 0.6) is 0 Å². The number of nitro groups is 1. The molecule has 7 heteroatoms. The zero-order chi connectivity index (χ0) is 14.0. The van der Waals surface area contributed by atoms with Gasteiger partial charge >= 0.3 is 0 Å². The van der Waals surface area contributed by atoms with Crippen LogP contribution in [-0.4, -0.2) is 28.6 Å². The number of carbonyl (C=O) groups excluding carboxylic acids is 1. The molecule has 0 aromatic heterocycles. The molecular weight excluding hydrogens is 363 g/mol. The summed E-state index contributed by atoms with van der Waals surface area (Å²) < 4.78 is 0.640. The van der Waals surface area contributed by atoms with E-state index in [0.717, 1.165) is 12.8 Å². The summed E-state index contributed by atoms with van der Waals surface area (Å²) in [6.07, 6.45) is 1.46. The monoisotopic (exact) mass is 376 g/mol. The van der Waals surface area contributed by atoms with Crippen LogP contribution < -0.4 is 5.32 Å². The van der Waals surface area contributed by atoms with Gasteiger partial charge in [0.15, 0.2) is 0 Å². The average molecular weight is 376 g/mol. The van der Waals surface area contributed by atoms with Gasteiger partial charge in [0, 0.05) is 22.2 Å². The van der Waals surface area contributed by atoms with Gasteiger partial charge in [-0.3, -0.25) is 14.9 Å². The van der Waals surface area contributed by atoms with Crippen molar-refractivity contribution in [1.29, 1.82) is 0 Å². The van der Waals surface area contributed by atoms with Gasteiger partial charge in [-0.05, 0) is 47.4 Å². The molecule has 0 aliphatic heterocycles. The van der Waals surface area contributed by atoms with Crippen molar-refractivity contribution >= 4 is 34.2 Å². The number of halogens is 1. The number of nitrogens with one attached hydrogen (secondary N) is 1. The fourth-order valence-corrected chi connectivity index (χ4v) is 2.32. The van der Waals surface area contributed by atoms with E-state index in [2.05, 4.69) is 5.32 Å². The predicted molar refractivity (Wildman–Crippen MR) is 76.9 cm³/mol. The number of non-ortho nitro benzene ring substituents is 1. The molecule has 1 aliphatic rings. The number of aliphatic hydroxyl groups excluding tert-OH is 1. The Morgan fingerprint density at radius 1 is 1.58 bits per heavy atom. The molecule has 1 saturated carbocycles. The zero-order valence-electron chi connectivity index (χ0n) is 10.0. The molecule has 19 heavy (non-hydrogen) atoms. The summed E-state index contributed by atoms with van der Waals surface area (Å²) in [5.74, 6) is -0.114. The Labute approximate surface area is 123 Å². The van der Waals surface area contributed by atoms with Gasteiger partial charge in [-0.2, -0.15) is 0 Å². The normalized spacial score (nSPS) is 15.9. The minimum atomic E-state index is -0.536. The van der Waals surface area contributed by atoms with Crippen LogP contribution in [0.2, 0.25) is 0 Å². The van der Waals surface area contributed by atoms with Crippen molar-refractivity contribution in [3.05, 3.63) is 37.4 Å². The molecule has 102 valence electrons. The lowest BCUT2D eigenvalue weighted by atomic mass is 10.1. The fraction of sp³-hybridized carbons (Fsp3) is 0.417. The molecule has 1 aromatic rings. The highest BCUT2D eigenvalue weighted by molar-refractivity contribution is 14.1. The third kappa shape index (κ3) is 3.63. The number of hydrogen-bond acceptors (Lipinski definition) is 4. The first kappa shape index (κ1) is 14.2. The number of carbonyl (C=O) groups is 1. The molecule has 1 amide bonds.